The smallest absolute Gasteiger partial charge is 0.417 e. The topological polar surface area (TPSA) is 77.8 Å². The maximum Gasteiger partial charge on any atom is 0.417 e. The number of hydrogen-bond acceptors (Lipinski definition) is 5. The summed E-state index contributed by atoms with van der Waals surface area (Å²) < 4.78 is 50.1. The number of nitrogens with one attached hydrogen (secondary N) is 1. The van der Waals surface area contributed by atoms with E-state index in [-0.39, 0.29) is 23.6 Å². The third kappa shape index (κ3) is 3.94. The molecule has 10 heteroatoms. The van der Waals surface area contributed by atoms with Crippen LogP contribution in [0.1, 0.15) is 21.7 Å². The van der Waals surface area contributed by atoms with E-state index in [4.69, 9.17) is 9.47 Å². The van der Waals surface area contributed by atoms with Crippen LogP contribution in [0.4, 0.5) is 13.2 Å². The zero-order valence-electron chi connectivity index (χ0n) is 14.4. The van der Waals surface area contributed by atoms with E-state index in [2.05, 4.69) is 15.5 Å². The lowest BCUT2D eigenvalue weighted by Gasteiger charge is -2.09. The van der Waals surface area contributed by atoms with Crippen molar-refractivity contribution in [3.63, 3.8) is 0 Å². The van der Waals surface area contributed by atoms with Gasteiger partial charge >= 0.3 is 6.18 Å². The lowest BCUT2D eigenvalue weighted by atomic mass is 10.2. The SMILES string of the molecule is COc1cc(OC)cc(C(=O)NCc2nnc3ccc(C(F)(F)F)cn23)c1. The molecule has 2 aromatic heterocycles. The highest BCUT2D eigenvalue weighted by Crippen LogP contribution is 2.29. The Morgan fingerprint density at radius 3 is 2.37 bits per heavy atom. The molecule has 0 saturated heterocycles. The summed E-state index contributed by atoms with van der Waals surface area (Å²) in [6.45, 7) is -0.110. The molecule has 0 fully saturated rings. The van der Waals surface area contributed by atoms with Crippen molar-refractivity contribution in [3.8, 4) is 11.5 Å². The molecule has 0 aliphatic heterocycles. The number of ether oxygens (including phenoxy) is 2. The number of amides is 1. The second kappa shape index (κ2) is 7.14. The number of aromatic nitrogens is 3. The second-order valence-electron chi connectivity index (χ2n) is 5.54. The number of methoxy groups -OCH3 is 2. The second-order valence-corrected chi connectivity index (χ2v) is 5.54. The number of halogens is 3. The van der Waals surface area contributed by atoms with Crippen LogP contribution in [-0.2, 0) is 12.7 Å². The highest BCUT2D eigenvalue weighted by Gasteiger charge is 2.31. The van der Waals surface area contributed by atoms with Crippen LogP contribution < -0.4 is 14.8 Å². The highest BCUT2D eigenvalue weighted by atomic mass is 19.4. The van der Waals surface area contributed by atoms with Crippen LogP contribution in [0.15, 0.2) is 36.5 Å². The molecule has 0 spiro atoms. The first-order chi connectivity index (χ1) is 12.8. The normalized spacial score (nSPS) is 11.4. The Morgan fingerprint density at radius 2 is 1.78 bits per heavy atom. The number of nitrogens with zero attached hydrogens (tertiary/aromatic N) is 3. The molecule has 1 amide bonds. The number of fused-ring (bicyclic) bond motifs is 1. The number of hydrogen-bond donors (Lipinski definition) is 1. The van der Waals surface area contributed by atoms with Crippen molar-refractivity contribution in [1.29, 1.82) is 0 Å². The van der Waals surface area contributed by atoms with Crippen LogP contribution in [0, 0.1) is 0 Å². The number of carbonyl (C=O) groups excluding carboxylic acids is 1. The molecule has 3 rings (SSSR count). The van der Waals surface area contributed by atoms with Crippen LogP contribution >= 0.6 is 0 Å². The minimum absolute atomic E-state index is 0.110. The summed E-state index contributed by atoms with van der Waals surface area (Å²) in [7, 11) is 2.91. The summed E-state index contributed by atoms with van der Waals surface area (Å²) >= 11 is 0. The van der Waals surface area contributed by atoms with Crippen LogP contribution in [0.2, 0.25) is 0 Å². The predicted molar refractivity (Wildman–Crippen MR) is 88.7 cm³/mol. The van der Waals surface area contributed by atoms with Crippen molar-refractivity contribution in [2.24, 2.45) is 0 Å². The van der Waals surface area contributed by atoms with Gasteiger partial charge in [-0.05, 0) is 24.3 Å². The molecule has 0 aliphatic carbocycles. The molecule has 1 N–H and O–H groups in total. The van der Waals surface area contributed by atoms with Gasteiger partial charge in [-0.25, -0.2) is 0 Å². The van der Waals surface area contributed by atoms with Crippen molar-refractivity contribution in [2.75, 3.05) is 14.2 Å². The summed E-state index contributed by atoms with van der Waals surface area (Å²) in [5, 5.41) is 10.2. The molecule has 0 atom stereocenters. The van der Waals surface area contributed by atoms with Crippen LogP contribution in [0.3, 0.4) is 0 Å². The van der Waals surface area contributed by atoms with E-state index in [0.29, 0.717) is 11.5 Å². The molecule has 0 saturated carbocycles. The lowest BCUT2D eigenvalue weighted by molar-refractivity contribution is -0.137. The van der Waals surface area contributed by atoms with Crippen molar-refractivity contribution in [3.05, 3.63) is 53.5 Å². The summed E-state index contributed by atoms with van der Waals surface area (Å²) in [6.07, 6.45) is -3.60. The zero-order valence-corrected chi connectivity index (χ0v) is 14.4. The molecule has 0 aliphatic rings. The average molecular weight is 380 g/mol. The molecule has 2 heterocycles. The van der Waals surface area contributed by atoms with Gasteiger partial charge in [0.1, 0.15) is 11.5 Å². The number of pyridine rings is 1. The Labute approximate surface area is 151 Å². The quantitative estimate of drug-likeness (QED) is 0.737. The fourth-order valence-corrected chi connectivity index (χ4v) is 2.43. The number of benzene rings is 1. The van der Waals surface area contributed by atoms with Gasteiger partial charge in [-0.2, -0.15) is 13.2 Å². The first kappa shape index (κ1) is 18.5. The van der Waals surface area contributed by atoms with E-state index in [1.54, 1.807) is 6.07 Å². The standard InChI is InChI=1S/C17H15F3N4O3/c1-26-12-5-10(6-13(7-12)27-2)16(25)21-8-15-23-22-14-4-3-11(9-24(14)15)17(18,19)20/h3-7,9H,8H2,1-2H3,(H,21,25). The van der Waals surface area contributed by atoms with Gasteiger partial charge in [0.05, 0.1) is 26.3 Å². The molecule has 142 valence electrons. The van der Waals surface area contributed by atoms with Gasteiger partial charge < -0.3 is 14.8 Å². The summed E-state index contributed by atoms with van der Waals surface area (Å²) in [4.78, 5) is 12.4. The average Bonchev–Trinajstić information content (AvgIpc) is 3.07. The van der Waals surface area contributed by atoms with Crippen molar-refractivity contribution in [1.82, 2.24) is 19.9 Å². The Balaban J connectivity index is 1.81. The molecule has 0 radical (unpaired) electrons. The van der Waals surface area contributed by atoms with E-state index in [1.165, 1.54) is 36.8 Å². The fourth-order valence-electron chi connectivity index (χ4n) is 2.43. The van der Waals surface area contributed by atoms with E-state index < -0.39 is 17.6 Å². The Kier molecular flexibility index (Phi) is 4.89. The molecular formula is C17H15F3N4O3. The van der Waals surface area contributed by atoms with Crippen LogP contribution in [-0.4, -0.2) is 34.7 Å². The third-order valence-corrected chi connectivity index (χ3v) is 3.82. The number of rotatable bonds is 5. The van der Waals surface area contributed by atoms with Crippen molar-refractivity contribution < 1.29 is 27.4 Å². The Morgan fingerprint density at radius 1 is 1.11 bits per heavy atom. The van der Waals surface area contributed by atoms with Gasteiger partial charge in [0, 0.05) is 17.8 Å². The highest BCUT2D eigenvalue weighted by molar-refractivity contribution is 5.95. The van der Waals surface area contributed by atoms with E-state index >= 15 is 0 Å². The van der Waals surface area contributed by atoms with Crippen LogP contribution in [0.5, 0.6) is 11.5 Å². The van der Waals surface area contributed by atoms with E-state index in [0.717, 1.165) is 12.3 Å². The number of carbonyl (C=O) groups is 1. The van der Waals surface area contributed by atoms with Gasteiger partial charge in [0.15, 0.2) is 11.5 Å². The van der Waals surface area contributed by atoms with Gasteiger partial charge in [0.2, 0.25) is 0 Å². The number of alkyl halides is 3. The molecular weight excluding hydrogens is 365 g/mol. The predicted octanol–water partition coefficient (Wildman–Crippen LogP) is 2.70. The minimum Gasteiger partial charge on any atom is -0.497 e. The summed E-state index contributed by atoms with van der Waals surface area (Å²) in [6, 6.07) is 6.79. The zero-order chi connectivity index (χ0) is 19.6. The fraction of sp³-hybridized carbons (Fsp3) is 0.235. The van der Waals surface area contributed by atoms with Crippen molar-refractivity contribution >= 4 is 11.6 Å². The Bertz CT molecular complexity index is 963. The Hall–Kier alpha value is -3.30. The summed E-state index contributed by atoms with van der Waals surface area (Å²) in [5.41, 5.74) is -0.314. The first-order valence-electron chi connectivity index (χ1n) is 7.74. The molecule has 3 aromatic rings. The first-order valence-corrected chi connectivity index (χ1v) is 7.74. The van der Waals surface area contributed by atoms with Gasteiger partial charge in [-0.15, -0.1) is 10.2 Å². The van der Waals surface area contributed by atoms with E-state index in [9.17, 15) is 18.0 Å². The summed E-state index contributed by atoms with van der Waals surface area (Å²) in [5.74, 6) is 0.569. The van der Waals surface area contributed by atoms with Crippen molar-refractivity contribution in [2.45, 2.75) is 12.7 Å². The lowest BCUT2D eigenvalue weighted by Crippen LogP contribution is -2.24. The third-order valence-electron chi connectivity index (χ3n) is 3.82. The molecule has 0 bridgehead atoms. The van der Waals surface area contributed by atoms with Crippen LogP contribution in [0.25, 0.3) is 5.65 Å². The largest absolute Gasteiger partial charge is 0.497 e. The monoisotopic (exact) mass is 380 g/mol. The molecule has 7 nitrogen and oxygen atoms in total. The minimum atomic E-state index is -4.49. The van der Waals surface area contributed by atoms with Gasteiger partial charge in [-0.1, -0.05) is 0 Å². The van der Waals surface area contributed by atoms with Gasteiger partial charge in [-0.3, -0.25) is 9.20 Å². The maximum absolute atomic E-state index is 12.9. The van der Waals surface area contributed by atoms with Gasteiger partial charge in [0.25, 0.3) is 5.91 Å². The maximum atomic E-state index is 12.9. The molecule has 27 heavy (non-hydrogen) atoms. The molecule has 0 unspecified atom stereocenters. The van der Waals surface area contributed by atoms with E-state index in [1.807, 2.05) is 0 Å². The molecule has 1 aromatic carbocycles.